The number of fused-ring (bicyclic) bond motifs is 1. The first kappa shape index (κ1) is 13.3. The van der Waals surface area contributed by atoms with E-state index in [1.807, 2.05) is 0 Å². The molecule has 5 nitrogen and oxygen atoms in total. The molecular weight excluding hydrogens is 263 g/mol. The summed E-state index contributed by atoms with van der Waals surface area (Å²) in [5, 5.41) is 3.61. The van der Waals surface area contributed by atoms with Crippen molar-refractivity contribution in [3.8, 4) is 0 Å². The summed E-state index contributed by atoms with van der Waals surface area (Å²) < 4.78 is 11.3. The average molecular weight is 282 g/mol. The first-order valence-electron chi connectivity index (χ1n) is 6.79. The number of nitrogens with one attached hydrogen (secondary N) is 1. The first-order valence-corrected chi connectivity index (χ1v) is 8.40. The SMILES string of the molecule is O=P(O)(O)c1ccc2c(n1)CC1(CCCCC1)NC2. The lowest BCUT2D eigenvalue weighted by Crippen LogP contribution is -2.51. The van der Waals surface area contributed by atoms with Crippen molar-refractivity contribution in [2.45, 2.75) is 50.6 Å². The molecule has 0 bridgehead atoms. The van der Waals surface area contributed by atoms with Crippen molar-refractivity contribution >= 4 is 13.0 Å². The van der Waals surface area contributed by atoms with Gasteiger partial charge in [0.25, 0.3) is 0 Å². The van der Waals surface area contributed by atoms with Crippen LogP contribution in [-0.4, -0.2) is 20.3 Å². The summed E-state index contributed by atoms with van der Waals surface area (Å²) in [5.74, 6) is 0. The smallest absolute Gasteiger partial charge is 0.320 e. The second-order valence-electron chi connectivity index (χ2n) is 5.69. The molecule has 2 heterocycles. The number of rotatable bonds is 1. The van der Waals surface area contributed by atoms with Crippen LogP contribution in [0, 0.1) is 0 Å². The van der Waals surface area contributed by atoms with E-state index in [-0.39, 0.29) is 11.0 Å². The molecule has 0 aromatic carbocycles. The highest BCUT2D eigenvalue weighted by molar-refractivity contribution is 7.60. The van der Waals surface area contributed by atoms with Gasteiger partial charge >= 0.3 is 7.60 Å². The Bertz CT molecular complexity index is 535. The second-order valence-corrected chi connectivity index (χ2v) is 7.24. The maximum atomic E-state index is 11.3. The largest absolute Gasteiger partial charge is 0.374 e. The molecule has 0 unspecified atom stereocenters. The van der Waals surface area contributed by atoms with Gasteiger partial charge in [0.2, 0.25) is 0 Å². The van der Waals surface area contributed by atoms with Crippen LogP contribution in [0.2, 0.25) is 0 Å². The van der Waals surface area contributed by atoms with Gasteiger partial charge in [0.15, 0.2) is 5.44 Å². The molecule has 1 spiro atoms. The Morgan fingerprint density at radius 2 is 1.95 bits per heavy atom. The molecule has 19 heavy (non-hydrogen) atoms. The average Bonchev–Trinajstić information content (AvgIpc) is 2.38. The normalized spacial score (nSPS) is 22.2. The van der Waals surface area contributed by atoms with Crippen molar-refractivity contribution in [1.29, 1.82) is 0 Å². The Morgan fingerprint density at radius 1 is 1.21 bits per heavy atom. The van der Waals surface area contributed by atoms with Crippen LogP contribution < -0.4 is 10.8 Å². The molecule has 1 saturated carbocycles. The molecule has 1 aliphatic heterocycles. The van der Waals surface area contributed by atoms with Crippen molar-refractivity contribution in [3.05, 3.63) is 23.4 Å². The van der Waals surface area contributed by atoms with E-state index in [2.05, 4.69) is 10.3 Å². The van der Waals surface area contributed by atoms with E-state index in [9.17, 15) is 14.4 Å². The van der Waals surface area contributed by atoms with Gasteiger partial charge in [-0.1, -0.05) is 25.3 Å². The molecule has 0 radical (unpaired) electrons. The van der Waals surface area contributed by atoms with Gasteiger partial charge in [0, 0.05) is 24.2 Å². The molecule has 1 aliphatic carbocycles. The lowest BCUT2D eigenvalue weighted by molar-refractivity contribution is 0.213. The van der Waals surface area contributed by atoms with Gasteiger partial charge in [0.1, 0.15) is 0 Å². The van der Waals surface area contributed by atoms with Crippen molar-refractivity contribution in [2.24, 2.45) is 0 Å². The van der Waals surface area contributed by atoms with Crippen LogP contribution in [0.3, 0.4) is 0 Å². The fourth-order valence-electron chi connectivity index (χ4n) is 3.24. The minimum Gasteiger partial charge on any atom is -0.320 e. The molecule has 6 heteroatoms. The minimum atomic E-state index is -4.25. The summed E-state index contributed by atoms with van der Waals surface area (Å²) in [6.45, 7) is 0.754. The number of hydrogen-bond donors (Lipinski definition) is 3. The molecule has 104 valence electrons. The van der Waals surface area contributed by atoms with Crippen LogP contribution >= 0.6 is 7.60 Å². The van der Waals surface area contributed by atoms with Gasteiger partial charge in [-0.25, -0.2) is 4.98 Å². The number of pyridine rings is 1. The highest BCUT2D eigenvalue weighted by atomic mass is 31.2. The second kappa shape index (κ2) is 4.67. The highest BCUT2D eigenvalue weighted by Crippen LogP contribution is 2.36. The van der Waals surface area contributed by atoms with Gasteiger partial charge in [-0.2, -0.15) is 0 Å². The van der Waals surface area contributed by atoms with E-state index >= 15 is 0 Å². The summed E-state index contributed by atoms with van der Waals surface area (Å²) in [6, 6.07) is 3.24. The number of nitrogens with zero attached hydrogens (tertiary/aromatic N) is 1. The Hall–Kier alpha value is -0.740. The topological polar surface area (TPSA) is 82.5 Å². The van der Waals surface area contributed by atoms with Crippen LogP contribution in [0.25, 0.3) is 0 Å². The van der Waals surface area contributed by atoms with Crippen molar-refractivity contribution in [3.63, 3.8) is 0 Å². The Balaban J connectivity index is 1.92. The summed E-state index contributed by atoms with van der Waals surface area (Å²) in [7, 11) is -4.25. The molecular formula is C13H19N2O3P. The van der Waals surface area contributed by atoms with Crippen molar-refractivity contribution in [1.82, 2.24) is 10.3 Å². The van der Waals surface area contributed by atoms with E-state index in [0.29, 0.717) is 0 Å². The fourth-order valence-corrected chi connectivity index (χ4v) is 3.76. The minimum absolute atomic E-state index is 0.0980. The molecule has 3 N–H and O–H groups in total. The molecule has 1 aromatic heterocycles. The van der Waals surface area contributed by atoms with Gasteiger partial charge in [-0.15, -0.1) is 0 Å². The van der Waals surface area contributed by atoms with Crippen molar-refractivity contribution < 1.29 is 14.4 Å². The number of aromatic nitrogens is 1. The lowest BCUT2D eigenvalue weighted by Gasteiger charge is -2.41. The van der Waals surface area contributed by atoms with E-state index in [1.54, 1.807) is 6.07 Å². The zero-order chi connectivity index (χ0) is 13.5. The van der Waals surface area contributed by atoms with Crippen LogP contribution in [0.5, 0.6) is 0 Å². The lowest BCUT2D eigenvalue weighted by atomic mass is 9.76. The monoisotopic (exact) mass is 282 g/mol. The maximum absolute atomic E-state index is 11.3. The van der Waals surface area contributed by atoms with Gasteiger partial charge < -0.3 is 15.1 Å². The molecule has 0 amide bonds. The molecule has 3 rings (SSSR count). The summed E-state index contributed by atoms with van der Waals surface area (Å²) in [5.41, 5.74) is 1.93. The third kappa shape index (κ3) is 2.61. The Labute approximate surface area is 112 Å². The maximum Gasteiger partial charge on any atom is 0.374 e. The summed E-state index contributed by atoms with van der Waals surface area (Å²) in [6.07, 6.45) is 6.78. The Morgan fingerprint density at radius 3 is 2.63 bits per heavy atom. The fraction of sp³-hybridized carbons (Fsp3) is 0.615. The van der Waals surface area contributed by atoms with Crippen LogP contribution in [0.4, 0.5) is 0 Å². The molecule has 0 atom stereocenters. The van der Waals surface area contributed by atoms with E-state index in [4.69, 9.17) is 0 Å². The van der Waals surface area contributed by atoms with Gasteiger partial charge in [-0.3, -0.25) is 4.57 Å². The third-order valence-electron chi connectivity index (χ3n) is 4.32. The van der Waals surface area contributed by atoms with Crippen LogP contribution in [0.15, 0.2) is 12.1 Å². The first-order chi connectivity index (χ1) is 8.99. The predicted octanol–water partition coefficient (Wildman–Crippen LogP) is 1.23. The zero-order valence-electron chi connectivity index (χ0n) is 10.8. The quantitative estimate of drug-likeness (QED) is 0.675. The van der Waals surface area contributed by atoms with E-state index in [0.717, 1.165) is 37.1 Å². The molecule has 1 aromatic rings. The summed E-state index contributed by atoms with van der Waals surface area (Å²) in [4.78, 5) is 22.7. The molecule has 2 aliphatic rings. The predicted molar refractivity (Wildman–Crippen MR) is 72.3 cm³/mol. The van der Waals surface area contributed by atoms with Gasteiger partial charge in [0.05, 0.1) is 0 Å². The van der Waals surface area contributed by atoms with Crippen LogP contribution in [-0.2, 0) is 17.5 Å². The Kier molecular flexibility index (Phi) is 3.26. The van der Waals surface area contributed by atoms with E-state index < -0.39 is 7.60 Å². The third-order valence-corrected chi connectivity index (χ3v) is 5.17. The molecule has 0 saturated heterocycles. The standard InChI is InChI=1S/C13H19N2O3P/c16-19(17,18)12-5-4-10-9-14-13(8-11(10)15-12)6-2-1-3-7-13/h4-5,14H,1-3,6-9H2,(H2,16,17,18). The van der Waals surface area contributed by atoms with Crippen molar-refractivity contribution in [2.75, 3.05) is 0 Å². The molecule has 1 fully saturated rings. The summed E-state index contributed by atoms with van der Waals surface area (Å²) >= 11 is 0. The van der Waals surface area contributed by atoms with Gasteiger partial charge in [-0.05, 0) is 24.5 Å². The van der Waals surface area contributed by atoms with E-state index in [1.165, 1.54) is 25.3 Å². The zero-order valence-corrected chi connectivity index (χ0v) is 11.7. The number of hydrogen-bond acceptors (Lipinski definition) is 3. The van der Waals surface area contributed by atoms with Crippen LogP contribution in [0.1, 0.15) is 43.4 Å². The highest BCUT2D eigenvalue weighted by Gasteiger charge is 2.36.